The van der Waals surface area contributed by atoms with Crippen LogP contribution in [0.5, 0.6) is 0 Å². The molecule has 1 fully saturated rings. The summed E-state index contributed by atoms with van der Waals surface area (Å²) in [5, 5.41) is 0. The molecule has 0 aliphatic carbocycles. The first-order valence-corrected chi connectivity index (χ1v) is 10.3. The molecule has 2 heterocycles. The van der Waals surface area contributed by atoms with Gasteiger partial charge in [-0.05, 0) is 69.5 Å². The standard InChI is InChI=1S/C23H30F3N3/c1-18-6-3-10-22(27-18)17-28(2)15-20-8-5-12-29(16-20)13-11-19-7-4-9-21(14-19)23(24,25)26/h3-4,6-7,9-10,14,20H,5,8,11-13,15-17H2,1-2H3/t20-/m0/s1. The van der Waals surface area contributed by atoms with E-state index in [0.29, 0.717) is 12.3 Å². The van der Waals surface area contributed by atoms with E-state index >= 15 is 0 Å². The van der Waals surface area contributed by atoms with E-state index in [1.165, 1.54) is 18.6 Å². The summed E-state index contributed by atoms with van der Waals surface area (Å²) in [5.41, 5.74) is 2.32. The Morgan fingerprint density at radius 2 is 1.97 bits per heavy atom. The minimum atomic E-state index is -4.27. The zero-order valence-electron chi connectivity index (χ0n) is 17.3. The summed E-state index contributed by atoms with van der Waals surface area (Å²) in [6, 6.07) is 11.8. The van der Waals surface area contributed by atoms with Crippen molar-refractivity contribution < 1.29 is 13.2 Å². The lowest BCUT2D eigenvalue weighted by atomic mass is 9.97. The molecule has 0 amide bonds. The molecule has 0 bridgehead atoms. The monoisotopic (exact) mass is 405 g/mol. The number of nitrogens with zero attached hydrogens (tertiary/aromatic N) is 3. The van der Waals surface area contributed by atoms with Crippen LogP contribution in [0.1, 0.15) is 35.4 Å². The van der Waals surface area contributed by atoms with Crippen LogP contribution in [-0.2, 0) is 19.1 Å². The fourth-order valence-corrected chi connectivity index (χ4v) is 4.16. The number of aryl methyl sites for hydroxylation is 1. The van der Waals surface area contributed by atoms with Gasteiger partial charge < -0.3 is 9.80 Å². The van der Waals surface area contributed by atoms with E-state index < -0.39 is 11.7 Å². The van der Waals surface area contributed by atoms with Crippen molar-refractivity contribution in [3.8, 4) is 0 Å². The number of piperidine rings is 1. The molecule has 0 saturated carbocycles. The van der Waals surface area contributed by atoms with Crippen LogP contribution in [0.25, 0.3) is 0 Å². The third-order valence-corrected chi connectivity index (χ3v) is 5.52. The normalized spacial score (nSPS) is 18.3. The molecule has 1 aliphatic heterocycles. The first-order chi connectivity index (χ1) is 13.8. The third-order valence-electron chi connectivity index (χ3n) is 5.52. The van der Waals surface area contributed by atoms with Crippen LogP contribution in [0, 0.1) is 12.8 Å². The molecular weight excluding hydrogens is 375 g/mol. The van der Waals surface area contributed by atoms with Gasteiger partial charge in [-0.15, -0.1) is 0 Å². The van der Waals surface area contributed by atoms with Crippen molar-refractivity contribution in [2.45, 2.75) is 38.9 Å². The fraction of sp³-hybridized carbons (Fsp3) is 0.522. The Hall–Kier alpha value is -1.92. The van der Waals surface area contributed by atoms with Gasteiger partial charge >= 0.3 is 6.18 Å². The van der Waals surface area contributed by atoms with Gasteiger partial charge in [0.2, 0.25) is 0 Å². The number of halogens is 3. The SMILES string of the molecule is Cc1cccc(CN(C)C[C@@H]2CCCN(CCc3cccc(C(F)(F)F)c3)C2)n1. The summed E-state index contributed by atoms with van der Waals surface area (Å²) in [5.74, 6) is 0.583. The van der Waals surface area contributed by atoms with E-state index in [1.807, 2.05) is 19.1 Å². The number of rotatable bonds is 7. The van der Waals surface area contributed by atoms with Crippen LogP contribution < -0.4 is 0 Å². The summed E-state index contributed by atoms with van der Waals surface area (Å²) < 4.78 is 38.7. The molecule has 3 rings (SSSR count). The zero-order chi connectivity index (χ0) is 20.9. The minimum Gasteiger partial charge on any atom is -0.303 e. The molecule has 29 heavy (non-hydrogen) atoms. The topological polar surface area (TPSA) is 19.4 Å². The van der Waals surface area contributed by atoms with Crippen molar-refractivity contribution in [3.05, 3.63) is 65.0 Å². The van der Waals surface area contributed by atoms with Crippen molar-refractivity contribution in [1.29, 1.82) is 0 Å². The number of hydrogen-bond acceptors (Lipinski definition) is 3. The molecule has 1 aliphatic rings. The molecule has 1 atom stereocenters. The number of alkyl halides is 3. The van der Waals surface area contributed by atoms with Gasteiger partial charge in [-0.25, -0.2) is 0 Å². The Kier molecular flexibility index (Phi) is 7.30. The average molecular weight is 406 g/mol. The molecule has 0 spiro atoms. The Morgan fingerprint density at radius 1 is 1.17 bits per heavy atom. The number of likely N-dealkylation sites (tertiary alicyclic amines) is 1. The van der Waals surface area contributed by atoms with Crippen molar-refractivity contribution in [1.82, 2.24) is 14.8 Å². The second kappa shape index (κ2) is 9.72. The van der Waals surface area contributed by atoms with Crippen LogP contribution >= 0.6 is 0 Å². The maximum atomic E-state index is 12.9. The molecule has 0 N–H and O–H groups in total. The van der Waals surface area contributed by atoms with Gasteiger partial charge in [0.15, 0.2) is 0 Å². The van der Waals surface area contributed by atoms with Crippen LogP contribution in [-0.4, -0.2) is 48.0 Å². The fourth-order valence-electron chi connectivity index (χ4n) is 4.16. The first kappa shape index (κ1) is 21.8. The van der Waals surface area contributed by atoms with Gasteiger partial charge in [0.1, 0.15) is 0 Å². The van der Waals surface area contributed by atoms with Gasteiger partial charge in [0.05, 0.1) is 11.3 Å². The van der Waals surface area contributed by atoms with Crippen LogP contribution in [0.15, 0.2) is 42.5 Å². The lowest BCUT2D eigenvalue weighted by molar-refractivity contribution is -0.137. The molecule has 1 aromatic heterocycles. The summed E-state index contributed by atoms with van der Waals surface area (Å²) in [6.45, 7) is 6.69. The Balaban J connectivity index is 1.48. The molecule has 2 aromatic rings. The highest BCUT2D eigenvalue weighted by molar-refractivity contribution is 5.25. The zero-order valence-corrected chi connectivity index (χ0v) is 17.3. The maximum absolute atomic E-state index is 12.9. The predicted octanol–water partition coefficient (Wildman–Crippen LogP) is 4.80. The molecule has 6 heteroatoms. The Morgan fingerprint density at radius 3 is 2.72 bits per heavy atom. The highest BCUT2D eigenvalue weighted by Crippen LogP contribution is 2.29. The summed E-state index contributed by atoms with van der Waals surface area (Å²) in [6.07, 6.45) is -1.28. The van der Waals surface area contributed by atoms with Crippen molar-refractivity contribution in [2.24, 2.45) is 5.92 Å². The van der Waals surface area contributed by atoms with Gasteiger partial charge in [-0.1, -0.05) is 24.3 Å². The van der Waals surface area contributed by atoms with Gasteiger partial charge in [-0.2, -0.15) is 13.2 Å². The van der Waals surface area contributed by atoms with Crippen molar-refractivity contribution >= 4 is 0 Å². The van der Waals surface area contributed by atoms with E-state index in [0.717, 1.165) is 62.2 Å². The van der Waals surface area contributed by atoms with Crippen LogP contribution in [0.2, 0.25) is 0 Å². The van der Waals surface area contributed by atoms with Crippen LogP contribution in [0.3, 0.4) is 0 Å². The van der Waals surface area contributed by atoms with Gasteiger partial charge in [0, 0.05) is 31.9 Å². The lowest BCUT2D eigenvalue weighted by Crippen LogP contribution is -2.40. The van der Waals surface area contributed by atoms with E-state index in [1.54, 1.807) is 6.07 Å². The number of aromatic nitrogens is 1. The quantitative estimate of drug-likeness (QED) is 0.660. The molecular formula is C23H30F3N3. The predicted molar refractivity (Wildman–Crippen MR) is 110 cm³/mol. The summed E-state index contributed by atoms with van der Waals surface area (Å²) in [4.78, 5) is 9.29. The van der Waals surface area contributed by atoms with Crippen molar-refractivity contribution in [3.63, 3.8) is 0 Å². The second-order valence-corrected chi connectivity index (χ2v) is 8.22. The first-order valence-electron chi connectivity index (χ1n) is 10.3. The van der Waals surface area contributed by atoms with Gasteiger partial charge in [0.25, 0.3) is 0 Å². The Bertz CT molecular complexity index is 791. The van der Waals surface area contributed by atoms with Crippen LogP contribution in [0.4, 0.5) is 13.2 Å². The third kappa shape index (κ3) is 6.82. The van der Waals surface area contributed by atoms with Crippen molar-refractivity contribution in [2.75, 3.05) is 33.2 Å². The lowest BCUT2D eigenvalue weighted by Gasteiger charge is -2.34. The molecule has 1 aromatic carbocycles. The van der Waals surface area contributed by atoms with E-state index in [9.17, 15) is 13.2 Å². The largest absolute Gasteiger partial charge is 0.416 e. The Labute approximate surface area is 171 Å². The second-order valence-electron chi connectivity index (χ2n) is 8.22. The molecule has 0 unspecified atom stereocenters. The highest BCUT2D eigenvalue weighted by atomic mass is 19.4. The number of benzene rings is 1. The minimum absolute atomic E-state index is 0.557. The average Bonchev–Trinajstić information content (AvgIpc) is 2.66. The molecule has 158 valence electrons. The molecule has 0 radical (unpaired) electrons. The smallest absolute Gasteiger partial charge is 0.303 e. The maximum Gasteiger partial charge on any atom is 0.416 e. The number of hydrogen-bond donors (Lipinski definition) is 0. The summed E-state index contributed by atoms with van der Waals surface area (Å²) >= 11 is 0. The van der Waals surface area contributed by atoms with E-state index in [-0.39, 0.29) is 0 Å². The molecule has 1 saturated heterocycles. The number of pyridine rings is 1. The molecule has 3 nitrogen and oxygen atoms in total. The highest BCUT2D eigenvalue weighted by Gasteiger charge is 2.30. The van der Waals surface area contributed by atoms with E-state index in [4.69, 9.17) is 0 Å². The van der Waals surface area contributed by atoms with Gasteiger partial charge in [-0.3, -0.25) is 4.98 Å². The summed E-state index contributed by atoms with van der Waals surface area (Å²) in [7, 11) is 2.13. The van der Waals surface area contributed by atoms with E-state index in [2.05, 4.69) is 27.9 Å².